The van der Waals surface area contributed by atoms with Gasteiger partial charge in [0.05, 0.1) is 35.0 Å². The van der Waals surface area contributed by atoms with E-state index in [0.29, 0.717) is 10.7 Å². The van der Waals surface area contributed by atoms with Crippen molar-refractivity contribution in [1.82, 2.24) is 9.88 Å². The lowest BCUT2D eigenvalue weighted by molar-refractivity contribution is -0.169. The van der Waals surface area contributed by atoms with E-state index < -0.39 is 81.4 Å². The van der Waals surface area contributed by atoms with E-state index in [1.807, 2.05) is 37.3 Å². The SMILES string of the molecule is Cc1sc(Nc2ccc3c(c2O)C(O)=C2C(=O)[C@@]4(O)C(O)=C(C(N)=O)C(=O)[C@H](N(C)C)[C@H]4[C@H](O)[C@H]2[C@@H]3C)nc1-c1ccccc1. The van der Waals surface area contributed by atoms with Crippen LogP contribution >= 0.6 is 11.3 Å². The molecule has 1 amide bonds. The number of nitrogens with two attached hydrogens (primary N) is 1. The topological polar surface area (TPSA) is 207 Å². The fraction of sp³-hybridized carbons (Fsp3) is 0.312. The van der Waals surface area contributed by atoms with Crippen LogP contribution in [0.4, 0.5) is 10.8 Å². The van der Waals surface area contributed by atoms with Crippen molar-refractivity contribution in [1.29, 1.82) is 0 Å². The Morgan fingerprint density at radius 1 is 1.09 bits per heavy atom. The molecule has 1 heterocycles. The van der Waals surface area contributed by atoms with Gasteiger partial charge in [-0.1, -0.05) is 43.3 Å². The molecule has 13 heteroatoms. The Bertz CT molecular complexity index is 1850. The van der Waals surface area contributed by atoms with Crippen molar-refractivity contribution in [3.63, 3.8) is 0 Å². The third-order valence-electron chi connectivity index (χ3n) is 9.21. The first-order valence-corrected chi connectivity index (χ1v) is 15.0. The second kappa shape index (κ2) is 10.5. The number of nitrogens with zero attached hydrogens (tertiary/aromatic N) is 2. The number of ketones is 2. The third-order valence-corrected chi connectivity index (χ3v) is 10.1. The lowest BCUT2D eigenvalue weighted by atomic mass is 9.54. The maximum atomic E-state index is 14.2. The van der Waals surface area contributed by atoms with Crippen molar-refractivity contribution >= 4 is 45.4 Å². The molecule has 6 atom stereocenters. The normalized spacial score (nSPS) is 27.8. The molecule has 8 N–H and O–H groups in total. The predicted molar refractivity (Wildman–Crippen MR) is 166 cm³/mol. The first-order chi connectivity index (χ1) is 21.2. The summed E-state index contributed by atoms with van der Waals surface area (Å²) >= 11 is 1.36. The summed E-state index contributed by atoms with van der Waals surface area (Å²) in [4.78, 5) is 46.6. The number of aliphatic hydroxyl groups is 4. The number of carbonyl (C=O) groups is 3. The molecule has 1 aromatic heterocycles. The van der Waals surface area contributed by atoms with Crippen LogP contribution in [0, 0.1) is 18.8 Å². The first-order valence-electron chi connectivity index (χ1n) is 14.2. The third kappa shape index (κ3) is 4.22. The van der Waals surface area contributed by atoms with Gasteiger partial charge in [-0.05, 0) is 38.6 Å². The Hall–Kier alpha value is -4.56. The van der Waals surface area contributed by atoms with Gasteiger partial charge in [0.1, 0.15) is 22.8 Å². The molecule has 6 rings (SSSR count). The average molecular weight is 633 g/mol. The van der Waals surface area contributed by atoms with Crippen molar-refractivity contribution < 1.29 is 39.9 Å². The summed E-state index contributed by atoms with van der Waals surface area (Å²) in [6.07, 6.45) is -1.66. The zero-order valence-corrected chi connectivity index (χ0v) is 25.6. The Kier molecular flexibility index (Phi) is 7.12. The number of aliphatic hydroxyl groups excluding tert-OH is 3. The highest BCUT2D eigenvalue weighted by Crippen LogP contribution is 2.56. The molecule has 2 aromatic carbocycles. The number of likely N-dealkylation sites (N-methyl/N-ethyl adjacent to an activating group) is 1. The van der Waals surface area contributed by atoms with Crippen LogP contribution in [-0.4, -0.2) is 84.7 Å². The molecule has 0 unspecified atom stereocenters. The number of thiazole rings is 1. The number of nitrogens with one attached hydrogen (secondary N) is 1. The number of primary amides is 1. The molecule has 0 radical (unpaired) electrons. The number of phenols is 1. The minimum Gasteiger partial charge on any atom is -0.508 e. The van der Waals surface area contributed by atoms with E-state index in [1.165, 1.54) is 30.3 Å². The Labute approximate surface area is 261 Å². The second-order valence-corrected chi connectivity index (χ2v) is 13.1. The standard InChI is InChI=1S/C32H32N4O8S/c1-12-15-10-11-16(34-31-35-22(13(2)45-31)14-8-6-5-7-9-14)24(37)18(15)25(38)19-17(12)26(39)21-23(36(3)4)27(40)20(30(33)43)29(42)32(21,44)28(19)41/h5-12,17,21,23,26,37-39,42,44H,1-4H3,(H2,33,43)(H,34,35)/t12-,17+,21+,23-,26-,32-/m1/s1. The number of Topliss-reactive ketones (excluding diaryl/α,β-unsaturated/α-hetero) is 2. The minimum absolute atomic E-state index is 0.104. The van der Waals surface area contributed by atoms with Crippen molar-refractivity contribution in [2.45, 2.75) is 37.5 Å². The molecule has 234 valence electrons. The smallest absolute Gasteiger partial charge is 0.255 e. The van der Waals surface area contributed by atoms with Crippen LogP contribution < -0.4 is 11.1 Å². The fourth-order valence-corrected chi connectivity index (χ4v) is 7.99. The number of aryl methyl sites for hydroxylation is 1. The summed E-state index contributed by atoms with van der Waals surface area (Å²) in [5, 5.41) is 61.2. The van der Waals surface area contributed by atoms with E-state index in [1.54, 1.807) is 19.1 Å². The number of aromatic nitrogens is 1. The van der Waals surface area contributed by atoms with Crippen LogP contribution in [0.5, 0.6) is 5.75 Å². The number of aromatic hydroxyl groups is 1. The number of phenolic OH excluding ortho intramolecular Hbond substituents is 1. The molecule has 0 bridgehead atoms. The van der Waals surface area contributed by atoms with Crippen molar-refractivity contribution in [3.8, 4) is 17.0 Å². The molecule has 1 saturated carbocycles. The van der Waals surface area contributed by atoms with E-state index >= 15 is 0 Å². The summed E-state index contributed by atoms with van der Waals surface area (Å²) in [6, 6.07) is 11.4. The van der Waals surface area contributed by atoms with Gasteiger partial charge in [0.15, 0.2) is 16.5 Å². The lowest BCUT2D eigenvalue weighted by Gasteiger charge is -2.53. The van der Waals surface area contributed by atoms with Gasteiger partial charge in [-0.15, -0.1) is 11.3 Å². The Morgan fingerprint density at radius 2 is 1.76 bits per heavy atom. The maximum Gasteiger partial charge on any atom is 0.255 e. The molecular weight excluding hydrogens is 600 g/mol. The van der Waals surface area contributed by atoms with Crippen molar-refractivity contribution in [2.24, 2.45) is 17.6 Å². The Morgan fingerprint density at radius 3 is 2.38 bits per heavy atom. The van der Waals surface area contributed by atoms with Crippen LogP contribution in [0.15, 0.2) is 59.4 Å². The highest BCUT2D eigenvalue weighted by Gasteiger charge is 2.68. The van der Waals surface area contributed by atoms with Gasteiger partial charge in [-0.25, -0.2) is 4.98 Å². The number of anilines is 2. The van der Waals surface area contributed by atoms with Crippen LogP contribution in [0.3, 0.4) is 0 Å². The van der Waals surface area contributed by atoms with Gasteiger partial charge >= 0.3 is 0 Å². The average Bonchev–Trinajstić information content (AvgIpc) is 3.35. The van der Waals surface area contributed by atoms with Gasteiger partial charge in [0, 0.05) is 21.9 Å². The number of benzene rings is 2. The summed E-state index contributed by atoms with van der Waals surface area (Å²) in [5.41, 5.74) is 3.15. The largest absolute Gasteiger partial charge is 0.508 e. The highest BCUT2D eigenvalue weighted by atomic mass is 32.1. The van der Waals surface area contributed by atoms with Crippen molar-refractivity contribution in [2.75, 3.05) is 19.4 Å². The van der Waals surface area contributed by atoms with E-state index in [0.717, 1.165) is 16.1 Å². The lowest BCUT2D eigenvalue weighted by Crippen LogP contribution is -2.70. The molecule has 12 nitrogen and oxygen atoms in total. The van der Waals surface area contributed by atoms with Crippen LogP contribution in [0.1, 0.15) is 28.8 Å². The van der Waals surface area contributed by atoms with E-state index in [2.05, 4.69) is 10.3 Å². The van der Waals surface area contributed by atoms with Crippen LogP contribution in [-0.2, 0) is 14.4 Å². The molecular formula is C32H32N4O8S. The van der Waals surface area contributed by atoms with E-state index in [9.17, 15) is 39.9 Å². The summed E-state index contributed by atoms with van der Waals surface area (Å²) in [5.74, 6) is -9.37. The first kappa shape index (κ1) is 30.5. The molecule has 3 aliphatic carbocycles. The molecule has 3 aromatic rings. The number of amides is 1. The summed E-state index contributed by atoms with van der Waals surface area (Å²) < 4.78 is 0. The molecule has 1 fully saturated rings. The summed E-state index contributed by atoms with van der Waals surface area (Å²) in [7, 11) is 2.92. The predicted octanol–water partition coefficient (Wildman–Crippen LogP) is 2.67. The number of rotatable bonds is 5. The molecule has 0 spiro atoms. The van der Waals surface area contributed by atoms with Gasteiger partial charge in [0.25, 0.3) is 5.91 Å². The number of hydrogen-bond donors (Lipinski definition) is 7. The number of hydrogen-bond acceptors (Lipinski definition) is 12. The van der Waals surface area contributed by atoms with E-state index in [-0.39, 0.29) is 11.3 Å². The van der Waals surface area contributed by atoms with Gasteiger partial charge in [-0.3, -0.25) is 19.3 Å². The fourth-order valence-electron chi connectivity index (χ4n) is 7.15. The van der Waals surface area contributed by atoms with Gasteiger partial charge in [-0.2, -0.15) is 0 Å². The second-order valence-electron chi connectivity index (χ2n) is 11.9. The number of carbonyl (C=O) groups excluding carboxylic acids is 3. The van der Waals surface area contributed by atoms with Gasteiger partial charge < -0.3 is 36.6 Å². The molecule has 3 aliphatic rings. The molecule has 0 saturated heterocycles. The quantitative estimate of drug-likeness (QED) is 0.161. The maximum absolute atomic E-state index is 14.2. The van der Waals surface area contributed by atoms with Crippen molar-refractivity contribution in [3.05, 3.63) is 75.4 Å². The summed E-state index contributed by atoms with van der Waals surface area (Å²) in [6.45, 7) is 3.60. The molecule has 0 aliphatic heterocycles. The highest BCUT2D eigenvalue weighted by molar-refractivity contribution is 7.16. The minimum atomic E-state index is -2.97. The van der Waals surface area contributed by atoms with E-state index in [4.69, 9.17) is 5.73 Å². The monoisotopic (exact) mass is 632 g/mol. The van der Waals surface area contributed by atoms with Crippen LogP contribution in [0.2, 0.25) is 0 Å². The zero-order chi connectivity index (χ0) is 32.7. The van der Waals surface area contributed by atoms with Crippen LogP contribution in [0.25, 0.3) is 17.0 Å². The zero-order valence-electron chi connectivity index (χ0n) is 24.8. The Balaban J connectivity index is 1.48. The number of fused-ring (bicyclic) bond motifs is 3. The van der Waals surface area contributed by atoms with Gasteiger partial charge in [0.2, 0.25) is 5.78 Å². The molecule has 45 heavy (non-hydrogen) atoms.